The maximum Gasteiger partial charge on any atom is 0.416 e. The molecular formula is C21H19F3N4O. The van der Waals surface area contributed by atoms with E-state index in [1.165, 1.54) is 4.68 Å². The van der Waals surface area contributed by atoms with Gasteiger partial charge in [0.1, 0.15) is 5.54 Å². The molecule has 0 saturated carbocycles. The molecular weight excluding hydrogens is 381 g/mol. The molecule has 1 fully saturated rings. The van der Waals surface area contributed by atoms with E-state index in [4.69, 9.17) is 6.42 Å². The molecule has 2 heterocycles. The number of aromatic nitrogens is 2. The molecule has 1 aliphatic heterocycles. The fourth-order valence-electron chi connectivity index (χ4n) is 2.60. The lowest BCUT2D eigenvalue weighted by Gasteiger charge is -2.24. The molecule has 1 aromatic carbocycles. The third-order valence-corrected chi connectivity index (χ3v) is 4.66. The van der Waals surface area contributed by atoms with Gasteiger partial charge in [-0.1, -0.05) is 17.8 Å². The van der Waals surface area contributed by atoms with Crippen LogP contribution in [-0.4, -0.2) is 28.8 Å². The van der Waals surface area contributed by atoms with Gasteiger partial charge in [-0.2, -0.15) is 18.3 Å². The van der Waals surface area contributed by atoms with E-state index >= 15 is 0 Å². The maximum atomic E-state index is 12.9. The van der Waals surface area contributed by atoms with Crippen molar-refractivity contribution >= 4 is 11.6 Å². The van der Waals surface area contributed by atoms with Crippen molar-refractivity contribution in [3.63, 3.8) is 0 Å². The van der Waals surface area contributed by atoms with E-state index in [-0.39, 0.29) is 11.3 Å². The van der Waals surface area contributed by atoms with Crippen LogP contribution in [-0.2, 0) is 16.5 Å². The zero-order chi connectivity index (χ0) is 21.2. The third-order valence-electron chi connectivity index (χ3n) is 4.66. The Morgan fingerprint density at radius 2 is 2.07 bits per heavy atom. The first-order chi connectivity index (χ1) is 13.6. The van der Waals surface area contributed by atoms with Crippen LogP contribution in [0.5, 0.6) is 0 Å². The first kappa shape index (κ1) is 20.5. The second-order valence-corrected chi connectivity index (χ2v) is 7.21. The molecule has 0 atom stereocenters. The summed E-state index contributed by atoms with van der Waals surface area (Å²) in [5.41, 5.74) is -1.24. The Kier molecular flexibility index (Phi) is 5.41. The number of halogens is 3. The van der Waals surface area contributed by atoms with Crippen molar-refractivity contribution in [2.24, 2.45) is 5.92 Å². The van der Waals surface area contributed by atoms with Gasteiger partial charge < -0.3 is 10.6 Å². The fraction of sp³-hybridized carbons (Fsp3) is 0.333. The van der Waals surface area contributed by atoms with Gasteiger partial charge in [-0.05, 0) is 32.0 Å². The molecule has 3 rings (SSSR count). The fourth-order valence-corrected chi connectivity index (χ4v) is 2.60. The van der Waals surface area contributed by atoms with E-state index in [2.05, 4.69) is 33.5 Å². The Morgan fingerprint density at radius 1 is 1.34 bits per heavy atom. The van der Waals surface area contributed by atoms with E-state index in [0.29, 0.717) is 11.5 Å². The number of carbonyl (C=O) groups is 1. The maximum absolute atomic E-state index is 12.9. The second kappa shape index (κ2) is 7.65. The Hall–Kier alpha value is -3.23. The standard InChI is InChI=1S/C21H19F3N4O/c1-4-16-9-17(21(22,23)24)7-8-18(16)27-19(29)20(2,3)28-13-15(12-26-28)6-5-14-10-25-11-14/h1,7-9,12-14,25H,10-11H2,2-3H3,(H,27,29). The molecule has 2 N–H and O–H groups in total. The van der Waals surface area contributed by atoms with Gasteiger partial charge in [0, 0.05) is 30.8 Å². The Balaban J connectivity index is 1.78. The minimum Gasteiger partial charge on any atom is -0.323 e. The van der Waals surface area contributed by atoms with Crippen LogP contribution in [0.25, 0.3) is 0 Å². The number of nitrogens with one attached hydrogen (secondary N) is 2. The summed E-state index contributed by atoms with van der Waals surface area (Å²) >= 11 is 0. The average Bonchev–Trinajstić information content (AvgIpc) is 3.09. The monoisotopic (exact) mass is 400 g/mol. The van der Waals surface area contributed by atoms with Gasteiger partial charge in [0.25, 0.3) is 5.91 Å². The number of terminal acetylenes is 1. The Labute approximate surface area is 166 Å². The number of anilines is 1. The normalized spacial score (nSPS) is 14.3. The summed E-state index contributed by atoms with van der Waals surface area (Å²) in [6.07, 6.45) is 4.04. The number of rotatable bonds is 3. The first-order valence-corrected chi connectivity index (χ1v) is 8.88. The molecule has 0 spiro atoms. The first-order valence-electron chi connectivity index (χ1n) is 8.88. The zero-order valence-electron chi connectivity index (χ0n) is 15.9. The third kappa shape index (κ3) is 4.44. The molecule has 2 aromatic rings. The SMILES string of the molecule is C#Cc1cc(C(F)(F)F)ccc1NC(=O)C(C)(C)n1cc(C#CC2CNC2)cn1. The van der Waals surface area contributed by atoms with Gasteiger partial charge in [0.2, 0.25) is 0 Å². The highest BCUT2D eigenvalue weighted by Crippen LogP contribution is 2.32. The van der Waals surface area contributed by atoms with Crippen LogP contribution in [0.4, 0.5) is 18.9 Å². The summed E-state index contributed by atoms with van der Waals surface area (Å²) in [5.74, 6) is 8.18. The quantitative estimate of drug-likeness (QED) is 0.779. The van der Waals surface area contributed by atoms with Crippen LogP contribution >= 0.6 is 0 Å². The van der Waals surface area contributed by atoms with Crippen LogP contribution in [0.15, 0.2) is 30.6 Å². The van der Waals surface area contributed by atoms with Gasteiger partial charge in [-0.15, -0.1) is 6.42 Å². The van der Waals surface area contributed by atoms with E-state index in [0.717, 1.165) is 31.3 Å². The molecule has 5 nitrogen and oxygen atoms in total. The Bertz CT molecular complexity index is 1030. The van der Waals surface area contributed by atoms with E-state index in [9.17, 15) is 18.0 Å². The minimum atomic E-state index is -4.52. The molecule has 8 heteroatoms. The largest absolute Gasteiger partial charge is 0.416 e. The predicted octanol–water partition coefficient (Wildman–Crippen LogP) is 2.83. The van der Waals surface area contributed by atoms with E-state index in [1.807, 2.05) is 0 Å². The van der Waals surface area contributed by atoms with Crippen LogP contribution < -0.4 is 10.6 Å². The highest BCUT2D eigenvalue weighted by molar-refractivity contribution is 5.97. The van der Waals surface area contributed by atoms with Crippen LogP contribution in [0.2, 0.25) is 0 Å². The van der Waals surface area contributed by atoms with Crippen LogP contribution in [0.1, 0.15) is 30.5 Å². The molecule has 29 heavy (non-hydrogen) atoms. The van der Waals surface area contributed by atoms with E-state index < -0.39 is 23.2 Å². The van der Waals surface area contributed by atoms with Crippen molar-refractivity contribution < 1.29 is 18.0 Å². The summed E-state index contributed by atoms with van der Waals surface area (Å²) in [4.78, 5) is 12.8. The van der Waals surface area contributed by atoms with Crippen molar-refractivity contribution in [2.45, 2.75) is 25.6 Å². The highest BCUT2D eigenvalue weighted by atomic mass is 19.4. The number of benzene rings is 1. The summed E-state index contributed by atoms with van der Waals surface area (Å²) < 4.78 is 40.1. The second-order valence-electron chi connectivity index (χ2n) is 7.21. The number of nitrogens with zero attached hydrogens (tertiary/aromatic N) is 2. The number of hydrogen-bond donors (Lipinski definition) is 2. The lowest BCUT2D eigenvalue weighted by Crippen LogP contribution is -2.41. The Morgan fingerprint density at radius 3 is 2.66 bits per heavy atom. The topological polar surface area (TPSA) is 59.0 Å². The molecule has 0 bridgehead atoms. The van der Waals surface area contributed by atoms with Gasteiger partial charge in [0.15, 0.2) is 0 Å². The predicted molar refractivity (Wildman–Crippen MR) is 103 cm³/mol. The van der Waals surface area contributed by atoms with Gasteiger partial charge in [-0.25, -0.2) is 0 Å². The van der Waals surface area contributed by atoms with Crippen molar-refractivity contribution in [1.82, 2.24) is 15.1 Å². The minimum absolute atomic E-state index is 0.0508. The zero-order valence-corrected chi connectivity index (χ0v) is 15.9. The van der Waals surface area contributed by atoms with Gasteiger partial charge >= 0.3 is 6.18 Å². The van der Waals surface area contributed by atoms with Crippen molar-refractivity contribution in [3.8, 4) is 24.2 Å². The molecule has 0 aliphatic carbocycles. The molecule has 1 saturated heterocycles. The van der Waals surface area contributed by atoms with E-state index in [1.54, 1.807) is 26.2 Å². The molecule has 0 unspecified atom stereocenters. The summed E-state index contributed by atoms with van der Waals surface area (Å²) in [7, 11) is 0. The number of alkyl halides is 3. The molecule has 1 amide bonds. The number of hydrogen-bond acceptors (Lipinski definition) is 3. The highest BCUT2D eigenvalue weighted by Gasteiger charge is 2.33. The van der Waals surface area contributed by atoms with Crippen LogP contribution in [0.3, 0.4) is 0 Å². The number of carbonyl (C=O) groups excluding carboxylic acids is 1. The van der Waals surface area contributed by atoms with Crippen molar-refractivity contribution in [3.05, 3.63) is 47.3 Å². The number of amides is 1. The van der Waals surface area contributed by atoms with Gasteiger partial charge in [0.05, 0.1) is 23.0 Å². The molecule has 150 valence electrons. The average molecular weight is 400 g/mol. The summed E-state index contributed by atoms with van der Waals surface area (Å²) in [6, 6.07) is 2.86. The molecule has 1 aliphatic rings. The van der Waals surface area contributed by atoms with Crippen molar-refractivity contribution in [2.75, 3.05) is 18.4 Å². The lowest BCUT2D eigenvalue weighted by atomic mass is 10.0. The van der Waals surface area contributed by atoms with Crippen LogP contribution in [0, 0.1) is 30.1 Å². The molecule has 1 aromatic heterocycles. The summed E-state index contributed by atoms with van der Waals surface area (Å²) in [5, 5.41) is 9.95. The smallest absolute Gasteiger partial charge is 0.323 e. The molecule has 0 radical (unpaired) electrons. The van der Waals surface area contributed by atoms with Crippen molar-refractivity contribution in [1.29, 1.82) is 0 Å². The lowest BCUT2D eigenvalue weighted by molar-refractivity contribution is -0.137. The summed E-state index contributed by atoms with van der Waals surface area (Å²) in [6.45, 7) is 5.00. The van der Waals surface area contributed by atoms with Gasteiger partial charge in [-0.3, -0.25) is 9.48 Å².